The van der Waals surface area contributed by atoms with Crippen LogP contribution in [-0.4, -0.2) is 52.4 Å². The Balaban J connectivity index is 1.43. The van der Waals surface area contributed by atoms with E-state index in [-0.39, 0.29) is 35.0 Å². The number of anilines is 1. The first kappa shape index (κ1) is 31.0. The highest BCUT2D eigenvalue weighted by atomic mass is 35.5. The molecule has 1 aliphatic heterocycles. The minimum atomic E-state index is -1.12. The maximum atomic E-state index is 13.1. The van der Waals surface area contributed by atoms with Gasteiger partial charge in [0.05, 0.1) is 16.6 Å². The van der Waals surface area contributed by atoms with Crippen LogP contribution in [0.4, 0.5) is 5.69 Å². The van der Waals surface area contributed by atoms with Crippen molar-refractivity contribution in [3.05, 3.63) is 99.7 Å². The van der Waals surface area contributed by atoms with Crippen molar-refractivity contribution in [2.24, 2.45) is 5.92 Å². The number of rotatable bonds is 10. The number of benzene rings is 3. The zero-order valence-electron chi connectivity index (χ0n) is 24.9. The van der Waals surface area contributed by atoms with Crippen LogP contribution < -0.4 is 10.2 Å². The maximum absolute atomic E-state index is 13.1. The van der Waals surface area contributed by atoms with Gasteiger partial charge in [-0.3, -0.25) is 9.69 Å². The number of nitrogens with one attached hydrogen (secondary N) is 1. The average Bonchev–Trinajstić information content (AvgIpc) is 3.77. The number of nitrogens with zero attached hydrogens (tertiary/aromatic N) is 2. The standard InChI is InChI=1S/C34H38ClN3O4S/c1-20(2)18-28-31(22-10-11-22)38(33(37(28)3)23-12-16-25(39)17-13-23)24-14-8-21(9-15-24)19-27(34(41)42)36-32(40)30-26(35)6-5-7-29(30)43-4/h5-9,12-17,20,27-28,33,39H,10-11,18-19H2,1-4H3,(H,36,40)(H,41,42). The lowest BCUT2D eigenvalue weighted by Gasteiger charge is -2.31. The van der Waals surface area contributed by atoms with Crippen molar-refractivity contribution < 1.29 is 19.8 Å². The van der Waals surface area contributed by atoms with Gasteiger partial charge >= 0.3 is 5.97 Å². The van der Waals surface area contributed by atoms with E-state index in [1.54, 1.807) is 30.3 Å². The number of phenolic OH excluding ortho intramolecular Hbond substituents is 1. The van der Waals surface area contributed by atoms with E-state index in [4.69, 9.17) is 11.6 Å². The van der Waals surface area contributed by atoms with Crippen molar-refractivity contribution in [2.75, 3.05) is 18.2 Å². The molecule has 2 fully saturated rings. The summed E-state index contributed by atoms with van der Waals surface area (Å²) in [6, 6.07) is 19.7. The number of carboxylic acids is 1. The number of thioether (sulfide) groups is 1. The van der Waals surface area contributed by atoms with Gasteiger partial charge in [-0.1, -0.05) is 55.8 Å². The summed E-state index contributed by atoms with van der Waals surface area (Å²) < 4.78 is 0. The van der Waals surface area contributed by atoms with Crippen LogP contribution >= 0.6 is 23.4 Å². The van der Waals surface area contributed by atoms with Crippen molar-refractivity contribution in [3.8, 4) is 5.75 Å². The summed E-state index contributed by atoms with van der Waals surface area (Å²) in [6.45, 7) is 4.50. The number of phenols is 1. The average molecular weight is 620 g/mol. The van der Waals surface area contributed by atoms with Gasteiger partial charge in [-0.25, -0.2) is 4.79 Å². The van der Waals surface area contributed by atoms with E-state index in [1.165, 1.54) is 23.0 Å². The summed E-state index contributed by atoms with van der Waals surface area (Å²) >= 11 is 7.69. The smallest absolute Gasteiger partial charge is 0.326 e. The van der Waals surface area contributed by atoms with Crippen molar-refractivity contribution >= 4 is 40.9 Å². The Labute approximate surface area is 262 Å². The van der Waals surface area contributed by atoms with E-state index in [2.05, 4.69) is 36.0 Å². The van der Waals surface area contributed by atoms with Crippen LogP contribution in [0.15, 0.2) is 82.9 Å². The summed E-state index contributed by atoms with van der Waals surface area (Å²) in [5, 5.41) is 22.9. The number of carboxylic acid groups (broad SMARTS) is 1. The second-order valence-corrected chi connectivity index (χ2v) is 12.9. The Morgan fingerprint density at radius 3 is 2.30 bits per heavy atom. The third-order valence-electron chi connectivity index (χ3n) is 8.13. The predicted octanol–water partition coefficient (Wildman–Crippen LogP) is 7.11. The number of aromatic hydroxyl groups is 1. The molecule has 5 rings (SSSR count). The molecule has 0 bridgehead atoms. The van der Waals surface area contributed by atoms with E-state index in [1.807, 2.05) is 42.7 Å². The summed E-state index contributed by atoms with van der Waals surface area (Å²) in [4.78, 5) is 30.8. The van der Waals surface area contributed by atoms with Gasteiger partial charge in [-0.2, -0.15) is 0 Å². The summed E-state index contributed by atoms with van der Waals surface area (Å²) in [6.07, 6.45) is 5.15. The molecule has 3 aromatic rings. The number of hydrogen-bond acceptors (Lipinski definition) is 6. The highest BCUT2D eigenvalue weighted by Crippen LogP contribution is 2.49. The van der Waals surface area contributed by atoms with E-state index < -0.39 is 17.9 Å². The van der Waals surface area contributed by atoms with Crippen LogP contribution in [0.5, 0.6) is 5.75 Å². The lowest BCUT2D eigenvalue weighted by molar-refractivity contribution is -0.139. The van der Waals surface area contributed by atoms with Crippen molar-refractivity contribution in [1.29, 1.82) is 0 Å². The third kappa shape index (κ3) is 6.71. The minimum Gasteiger partial charge on any atom is -0.508 e. The Morgan fingerprint density at radius 2 is 1.72 bits per heavy atom. The first-order valence-corrected chi connectivity index (χ1v) is 16.2. The molecule has 3 unspecified atom stereocenters. The zero-order valence-corrected chi connectivity index (χ0v) is 26.5. The molecule has 1 saturated carbocycles. The second-order valence-electron chi connectivity index (χ2n) is 11.7. The monoisotopic (exact) mass is 619 g/mol. The number of likely N-dealkylation sites (N-methyl/N-ethyl adjacent to an activating group) is 1. The SMILES string of the molecule is CSc1cccc(Cl)c1C(=O)NC(Cc1ccc(N2C(=C3CC3)C(CC(C)C)N(C)C2c2ccc(O)cc2)cc1)C(=O)O. The van der Waals surface area contributed by atoms with Crippen LogP contribution in [0.25, 0.3) is 0 Å². The first-order chi connectivity index (χ1) is 20.6. The van der Waals surface area contributed by atoms with Gasteiger partial charge in [-0.15, -0.1) is 11.8 Å². The van der Waals surface area contributed by atoms with E-state index in [0.717, 1.165) is 36.1 Å². The van der Waals surface area contributed by atoms with E-state index >= 15 is 0 Å². The summed E-state index contributed by atoms with van der Waals surface area (Å²) in [7, 11) is 2.17. The van der Waals surface area contributed by atoms with Crippen LogP contribution in [0.1, 0.15) is 60.8 Å². The molecular formula is C34H38ClN3O4S. The second kappa shape index (κ2) is 13.0. The fourth-order valence-corrected chi connectivity index (χ4v) is 6.89. The Morgan fingerprint density at radius 1 is 1.05 bits per heavy atom. The Kier molecular flexibility index (Phi) is 9.39. The number of carbonyl (C=O) groups excluding carboxylic acids is 1. The molecule has 1 heterocycles. The van der Waals surface area contributed by atoms with Gasteiger partial charge < -0.3 is 20.4 Å². The van der Waals surface area contributed by atoms with Gasteiger partial charge in [-0.05, 0) is 91.6 Å². The van der Waals surface area contributed by atoms with Crippen molar-refractivity contribution in [3.63, 3.8) is 0 Å². The molecule has 0 radical (unpaired) electrons. The molecule has 0 spiro atoms. The minimum absolute atomic E-state index is 0.0504. The number of allylic oxidation sites excluding steroid dienone is 1. The molecule has 7 nitrogen and oxygen atoms in total. The molecule has 3 N–H and O–H groups in total. The molecule has 1 amide bonds. The summed E-state index contributed by atoms with van der Waals surface area (Å²) in [5.74, 6) is -0.863. The van der Waals surface area contributed by atoms with E-state index in [9.17, 15) is 19.8 Å². The van der Waals surface area contributed by atoms with Crippen LogP contribution in [-0.2, 0) is 11.2 Å². The molecule has 3 atom stereocenters. The maximum Gasteiger partial charge on any atom is 0.326 e. The van der Waals surface area contributed by atoms with Gasteiger partial charge in [0.25, 0.3) is 5.91 Å². The molecular weight excluding hydrogens is 582 g/mol. The Hall–Kier alpha value is -3.46. The number of halogens is 1. The normalized spacial score (nSPS) is 19.2. The summed E-state index contributed by atoms with van der Waals surface area (Å²) in [5.41, 5.74) is 6.02. The van der Waals surface area contributed by atoms with E-state index in [0.29, 0.717) is 10.8 Å². The highest BCUT2D eigenvalue weighted by molar-refractivity contribution is 7.98. The largest absolute Gasteiger partial charge is 0.508 e. The number of aliphatic carboxylic acids is 1. The van der Waals surface area contributed by atoms with Gasteiger partial charge in [0, 0.05) is 22.7 Å². The van der Waals surface area contributed by atoms with Crippen LogP contribution in [0, 0.1) is 5.92 Å². The van der Waals surface area contributed by atoms with Crippen molar-refractivity contribution in [2.45, 2.75) is 62.7 Å². The van der Waals surface area contributed by atoms with Crippen LogP contribution in [0.2, 0.25) is 5.02 Å². The fraction of sp³-hybridized carbons (Fsp3) is 0.353. The lowest BCUT2D eigenvalue weighted by atomic mass is 10.00. The number of amides is 1. The molecule has 226 valence electrons. The quantitative estimate of drug-likeness (QED) is 0.208. The molecule has 0 aromatic heterocycles. The molecule has 2 aliphatic rings. The topological polar surface area (TPSA) is 93.1 Å². The molecule has 9 heteroatoms. The molecule has 1 saturated heterocycles. The van der Waals surface area contributed by atoms with Gasteiger partial charge in [0.15, 0.2) is 0 Å². The predicted molar refractivity (Wildman–Crippen MR) is 173 cm³/mol. The fourth-order valence-electron chi connectivity index (χ4n) is 5.95. The molecule has 3 aromatic carbocycles. The third-order valence-corrected chi connectivity index (χ3v) is 9.22. The Bertz CT molecular complexity index is 1520. The van der Waals surface area contributed by atoms with Crippen molar-refractivity contribution in [1.82, 2.24) is 10.2 Å². The molecule has 43 heavy (non-hydrogen) atoms. The van der Waals surface area contributed by atoms with Gasteiger partial charge in [0.1, 0.15) is 18.0 Å². The number of hydrogen-bond donors (Lipinski definition) is 3. The highest BCUT2D eigenvalue weighted by Gasteiger charge is 2.45. The van der Waals surface area contributed by atoms with Crippen LogP contribution in [0.3, 0.4) is 0 Å². The number of carbonyl (C=O) groups is 2. The zero-order chi connectivity index (χ0) is 30.8. The lowest BCUT2D eigenvalue weighted by Crippen LogP contribution is -2.42. The molecule has 1 aliphatic carbocycles. The first-order valence-electron chi connectivity index (χ1n) is 14.6. The van der Waals surface area contributed by atoms with Gasteiger partial charge in [0.2, 0.25) is 0 Å².